The molecule has 0 aromatic heterocycles. The lowest BCUT2D eigenvalue weighted by Crippen LogP contribution is -2.28. The quantitative estimate of drug-likeness (QED) is 0.737. The Morgan fingerprint density at radius 1 is 1.53 bits per heavy atom. The van der Waals surface area contributed by atoms with Crippen molar-refractivity contribution in [2.45, 2.75) is 19.9 Å². The first-order chi connectivity index (χ1) is 8.00. The molecule has 0 spiro atoms. The summed E-state index contributed by atoms with van der Waals surface area (Å²) in [6.07, 6.45) is 0. The van der Waals surface area contributed by atoms with E-state index in [1.165, 1.54) is 12.1 Å². The van der Waals surface area contributed by atoms with Gasteiger partial charge in [-0.2, -0.15) is 0 Å². The van der Waals surface area contributed by atoms with Gasteiger partial charge in [0.2, 0.25) is 0 Å². The van der Waals surface area contributed by atoms with E-state index in [4.69, 9.17) is 10.5 Å². The summed E-state index contributed by atoms with van der Waals surface area (Å²) in [5.74, 6) is -0.896. The van der Waals surface area contributed by atoms with E-state index in [1.54, 1.807) is 0 Å². The molecule has 1 rings (SSSR count). The van der Waals surface area contributed by atoms with Gasteiger partial charge in [-0.25, -0.2) is 4.39 Å². The Balaban J connectivity index is 2.61. The minimum absolute atomic E-state index is 0.0644. The van der Waals surface area contributed by atoms with E-state index < -0.39 is 11.7 Å². The summed E-state index contributed by atoms with van der Waals surface area (Å²) in [5.41, 5.74) is 5.20. The molecule has 0 aliphatic heterocycles. The van der Waals surface area contributed by atoms with Crippen LogP contribution in [0.1, 0.15) is 24.2 Å². The lowest BCUT2D eigenvalue weighted by Gasteiger charge is -2.11. The topological polar surface area (TPSA) is 64.3 Å². The number of nitrogens with two attached hydrogens (primary N) is 1. The van der Waals surface area contributed by atoms with Crippen LogP contribution in [0, 0.1) is 5.82 Å². The van der Waals surface area contributed by atoms with E-state index in [0.29, 0.717) is 24.9 Å². The molecule has 17 heavy (non-hydrogen) atoms. The van der Waals surface area contributed by atoms with Crippen LogP contribution in [0.25, 0.3) is 0 Å². The number of benzene rings is 1. The molecule has 4 nitrogen and oxygen atoms in total. The van der Waals surface area contributed by atoms with Gasteiger partial charge >= 0.3 is 0 Å². The second-order valence-electron chi connectivity index (χ2n) is 3.96. The van der Waals surface area contributed by atoms with Crippen molar-refractivity contribution in [2.75, 3.05) is 13.2 Å². The molecule has 1 aromatic rings. The number of carbonyl (C=O) groups excluding carboxylic acids is 1. The molecule has 0 atom stereocenters. The maximum Gasteiger partial charge on any atom is 0.252 e. The molecule has 0 saturated heterocycles. The maximum absolute atomic E-state index is 12.9. The number of amides is 1. The number of primary amides is 1. The molecule has 0 unspecified atom stereocenters. The molecule has 0 aliphatic rings. The molecule has 0 saturated carbocycles. The van der Waals surface area contributed by atoms with Gasteiger partial charge in [0.15, 0.2) is 0 Å². The van der Waals surface area contributed by atoms with E-state index in [-0.39, 0.29) is 5.56 Å². The molecule has 1 aromatic carbocycles. The fraction of sp³-hybridized carbons (Fsp3) is 0.417. The molecule has 0 fully saturated rings. The Morgan fingerprint density at radius 2 is 2.24 bits per heavy atom. The predicted molar refractivity (Wildman–Crippen MR) is 63.6 cm³/mol. The second-order valence-corrected chi connectivity index (χ2v) is 3.96. The third-order valence-electron chi connectivity index (χ3n) is 2.12. The van der Waals surface area contributed by atoms with Crippen molar-refractivity contribution in [3.8, 4) is 5.75 Å². The van der Waals surface area contributed by atoms with Crippen molar-refractivity contribution >= 4 is 5.91 Å². The minimum atomic E-state index is -0.698. The largest absolute Gasteiger partial charge is 0.491 e. The number of carbonyl (C=O) groups is 1. The summed E-state index contributed by atoms with van der Waals surface area (Å²) in [4.78, 5) is 11.1. The molecule has 0 heterocycles. The average Bonchev–Trinajstić information content (AvgIpc) is 2.25. The minimum Gasteiger partial charge on any atom is -0.491 e. The van der Waals surface area contributed by atoms with E-state index in [2.05, 4.69) is 5.32 Å². The number of nitrogens with one attached hydrogen (secondary N) is 1. The number of hydrogen-bond acceptors (Lipinski definition) is 3. The third kappa shape index (κ3) is 4.40. The molecule has 5 heteroatoms. The van der Waals surface area contributed by atoms with E-state index in [9.17, 15) is 9.18 Å². The zero-order valence-corrected chi connectivity index (χ0v) is 10.00. The highest BCUT2D eigenvalue weighted by Gasteiger charge is 2.10. The molecule has 0 radical (unpaired) electrons. The number of ether oxygens (including phenoxy) is 1. The van der Waals surface area contributed by atoms with E-state index in [1.807, 2.05) is 13.8 Å². The lowest BCUT2D eigenvalue weighted by molar-refractivity contribution is 0.0996. The van der Waals surface area contributed by atoms with Crippen LogP contribution in [0.4, 0.5) is 4.39 Å². The number of rotatable bonds is 6. The molecule has 94 valence electrons. The fourth-order valence-corrected chi connectivity index (χ4v) is 1.33. The standard InChI is InChI=1S/C12H17FN2O2/c1-8(2)15-5-6-17-11-4-3-9(13)7-10(11)12(14)16/h3-4,7-8,15H,5-6H2,1-2H3,(H2,14,16). The fourth-order valence-electron chi connectivity index (χ4n) is 1.33. The van der Waals surface area contributed by atoms with Gasteiger partial charge in [0.05, 0.1) is 5.56 Å². The summed E-state index contributed by atoms with van der Waals surface area (Å²) in [7, 11) is 0. The summed E-state index contributed by atoms with van der Waals surface area (Å²) < 4.78 is 18.3. The Morgan fingerprint density at radius 3 is 2.82 bits per heavy atom. The first-order valence-corrected chi connectivity index (χ1v) is 5.46. The monoisotopic (exact) mass is 240 g/mol. The molecular weight excluding hydrogens is 223 g/mol. The summed E-state index contributed by atoms with van der Waals surface area (Å²) in [6.45, 7) is 5.08. The van der Waals surface area contributed by atoms with E-state index in [0.717, 1.165) is 6.07 Å². The Labute approximate surface area is 100.0 Å². The molecular formula is C12H17FN2O2. The zero-order chi connectivity index (χ0) is 12.8. The smallest absolute Gasteiger partial charge is 0.252 e. The van der Waals surface area contributed by atoms with Crippen LogP contribution in [0.5, 0.6) is 5.75 Å². The first-order valence-electron chi connectivity index (χ1n) is 5.46. The highest BCUT2D eigenvalue weighted by molar-refractivity contribution is 5.95. The third-order valence-corrected chi connectivity index (χ3v) is 2.12. The maximum atomic E-state index is 12.9. The van der Waals surface area contributed by atoms with Gasteiger partial charge in [0, 0.05) is 12.6 Å². The van der Waals surface area contributed by atoms with Crippen LogP contribution < -0.4 is 15.8 Å². The van der Waals surface area contributed by atoms with Gasteiger partial charge < -0.3 is 15.8 Å². The first kappa shape index (κ1) is 13.4. The van der Waals surface area contributed by atoms with Gasteiger partial charge in [0.25, 0.3) is 5.91 Å². The Hall–Kier alpha value is -1.62. The van der Waals surface area contributed by atoms with Gasteiger partial charge in [-0.15, -0.1) is 0 Å². The highest BCUT2D eigenvalue weighted by atomic mass is 19.1. The van der Waals surface area contributed by atoms with Crippen LogP contribution in [0.2, 0.25) is 0 Å². The van der Waals surface area contributed by atoms with Crippen molar-refractivity contribution in [3.05, 3.63) is 29.6 Å². The molecule has 0 aliphatic carbocycles. The summed E-state index contributed by atoms with van der Waals surface area (Å²) >= 11 is 0. The van der Waals surface area contributed by atoms with Crippen LogP contribution in [0.3, 0.4) is 0 Å². The van der Waals surface area contributed by atoms with Crippen molar-refractivity contribution in [3.63, 3.8) is 0 Å². The van der Waals surface area contributed by atoms with Crippen LogP contribution in [0.15, 0.2) is 18.2 Å². The molecule has 3 N–H and O–H groups in total. The van der Waals surface area contributed by atoms with Gasteiger partial charge in [-0.3, -0.25) is 4.79 Å². The number of hydrogen-bond donors (Lipinski definition) is 2. The van der Waals surface area contributed by atoms with Crippen molar-refractivity contribution in [2.24, 2.45) is 5.73 Å². The highest BCUT2D eigenvalue weighted by Crippen LogP contribution is 2.18. The van der Waals surface area contributed by atoms with Crippen LogP contribution in [-0.4, -0.2) is 25.1 Å². The Kier molecular flexibility index (Phi) is 4.90. The predicted octanol–water partition coefficient (Wildman–Crippen LogP) is 1.30. The molecule has 1 amide bonds. The SMILES string of the molecule is CC(C)NCCOc1ccc(F)cc1C(N)=O. The average molecular weight is 240 g/mol. The van der Waals surface area contributed by atoms with Crippen LogP contribution in [-0.2, 0) is 0 Å². The van der Waals surface area contributed by atoms with Crippen molar-refractivity contribution < 1.29 is 13.9 Å². The second kappa shape index (κ2) is 6.20. The van der Waals surface area contributed by atoms with Crippen molar-refractivity contribution in [1.82, 2.24) is 5.32 Å². The van der Waals surface area contributed by atoms with Crippen molar-refractivity contribution in [1.29, 1.82) is 0 Å². The lowest BCUT2D eigenvalue weighted by atomic mass is 10.2. The van der Waals surface area contributed by atoms with Gasteiger partial charge in [-0.1, -0.05) is 13.8 Å². The van der Waals surface area contributed by atoms with Gasteiger partial charge in [-0.05, 0) is 18.2 Å². The van der Waals surface area contributed by atoms with Gasteiger partial charge in [0.1, 0.15) is 18.2 Å². The molecule has 0 bridgehead atoms. The zero-order valence-electron chi connectivity index (χ0n) is 10.00. The summed E-state index contributed by atoms with van der Waals surface area (Å²) in [5, 5.41) is 3.16. The number of halogens is 1. The van der Waals surface area contributed by atoms with E-state index >= 15 is 0 Å². The summed E-state index contributed by atoms with van der Waals surface area (Å²) in [6, 6.07) is 4.08. The normalized spacial score (nSPS) is 10.6. The Bertz CT molecular complexity index is 394. The van der Waals surface area contributed by atoms with Crippen LogP contribution >= 0.6 is 0 Å².